The van der Waals surface area contributed by atoms with E-state index < -0.39 is 0 Å². The number of aryl methyl sites for hydroxylation is 1. The van der Waals surface area contributed by atoms with E-state index in [1.165, 1.54) is 17.3 Å². The second-order valence-electron chi connectivity index (χ2n) is 6.01. The molecule has 23 heavy (non-hydrogen) atoms. The van der Waals surface area contributed by atoms with Crippen molar-refractivity contribution in [2.45, 2.75) is 25.8 Å². The molecule has 0 saturated carbocycles. The molecule has 3 rings (SSSR count). The van der Waals surface area contributed by atoms with Crippen LogP contribution in [0.3, 0.4) is 0 Å². The van der Waals surface area contributed by atoms with Crippen molar-refractivity contribution in [1.82, 2.24) is 20.2 Å². The highest BCUT2D eigenvalue weighted by molar-refractivity contribution is 5.77. The van der Waals surface area contributed by atoms with Gasteiger partial charge in [0.25, 0.3) is 5.56 Å². The van der Waals surface area contributed by atoms with Crippen LogP contribution < -0.4 is 16.2 Å². The van der Waals surface area contributed by atoms with Gasteiger partial charge in [0.05, 0.1) is 17.2 Å². The molecular weight excluding hydrogens is 292 g/mol. The van der Waals surface area contributed by atoms with Crippen LogP contribution in [0.25, 0.3) is 10.9 Å². The fraction of sp³-hybridized carbons (Fsp3) is 0.471. The monoisotopic (exact) mass is 314 g/mol. The Hall–Kier alpha value is -2.21. The zero-order valence-electron chi connectivity index (χ0n) is 13.1. The maximum Gasteiger partial charge on any atom is 0.261 e. The van der Waals surface area contributed by atoms with Crippen molar-refractivity contribution in [2.75, 3.05) is 19.6 Å². The lowest BCUT2D eigenvalue weighted by atomic mass is 10.1. The van der Waals surface area contributed by atoms with E-state index in [2.05, 4.69) is 15.6 Å². The van der Waals surface area contributed by atoms with Crippen molar-refractivity contribution in [2.24, 2.45) is 5.92 Å². The SMILES string of the molecule is O=C(CCn1cnc2ccccc2c1=O)NCCC1CCNC1. The Morgan fingerprint density at radius 1 is 1.39 bits per heavy atom. The van der Waals surface area contributed by atoms with Crippen LogP contribution >= 0.6 is 0 Å². The number of amides is 1. The summed E-state index contributed by atoms with van der Waals surface area (Å²) in [7, 11) is 0. The molecule has 2 heterocycles. The second kappa shape index (κ2) is 7.37. The molecule has 0 radical (unpaired) electrons. The van der Waals surface area contributed by atoms with Gasteiger partial charge in [0.2, 0.25) is 5.91 Å². The average molecular weight is 314 g/mol. The third-order valence-electron chi connectivity index (χ3n) is 4.35. The Kier molecular flexibility index (Phi) is 5.02. The summed E-state index contributed by atoms with van der Waals surface area (Å²) in [5, 5.41) is 6.84. The van der Waals surface area contributed by atoms with Crippen molar-refractivity contribution in [3.05, 3.63) is 40.9 Å². The molecule has 1 aromatic heterocycles. The van der Waals surface area contributed by atoms with Crippen LogP contribution in [-0.2, 0) is 11.3 Å². The number of nitrogens with one attached hydrogen (secondary N) is 2. The van der Waals surface area contributed by atoms with Gasteiger partial charge in [-0.15, -0.1) is 0 Å². The van der Waals surface area contributed by atoms with Crippen molar-refractivity contribution in [1.29, 1.82) is 0 Å². The molecule has 1 aromatic carbocycles. The number of para-hydroxylation sites is 1. The van der Waals surface area contributed by atoms with Crippen molar-refractivity contribution in [3.8, 4) is 0 Å². The molecule has 1 saturated heterocycles. The van der Waals surface area contributed by atoms with E-state index in [-0.39, 0.29) is 11.5 Å². The van der Waals surface area contributed by atoms with Gasteiger partial charge in [-0.2, -0.15) is 0 Å². The summed E-state index contributed by atoms with van der Waals surface area (Å²) in [4.78, 5) is 28.5. The minimum atomic E-state index is -0.0968. The van der Waals surface area contributed by atoms with E-state index in [4.69, 9.17) is 0 Å². The Balaban J connectivity index is 1.50. The van der Waals surface area contributed by atoms with E-state index in [1.54, 1.807) is 6.07 Å². The third kappa shape index (κ3) is 3.96. The van der Waals surface area contributed by atoms with Gasteiger partial charge in [0, 0.05) is 19.5 Å². The first-order chi connectivity index (χ1) is 11.2. The van der Waals surface area contributed by atoms with Gasteiger partial charge in [-0.1, -0.05) is 12.1 Å². The fourth-order valence-electron chi connectivity index (χ4n) is 2.95. The summed E-state index contributed by atoms with van der Waals surface area (Å²) in [6.07, 6.45) is 4.01. The first-order valence-electron chi connectivity index (χ1n) is 8.15. The van der Waals surface area contributed by atoms with Crippen molar-refractivity contribution in [3.63, 3.8) is 0 Å². The van der Waals surface area contributed by atoms with Gasteiger partial charge in [-0.3, -0.25) is 14.2 Å². The molecule has 1 fully saturated rings. The lowest BCUT2D eigenvalue weighted by Crippen LogP contribution is -2.29. The van der Waals surface area contributed by atoms with Crippen LogP contribution in [0.4, 0.5) is 0 Å². The van der Waals surface area contributed by atoms with Crippen LogP contribution in [0.1, 0.15) is 19.3 Å². The molecule has 6 heteroatoms. The Morgan fingerprint density at radius 3 is 3.09 bits per heavy atom. The zero-order valence-corrected chi connectivity index (χ0v) is 13.1. The summed E-state index contributed by atoms with van der Waals surface area (Å²) in [5.74, 6) is 0.652. The van der Waals surface area contributed by atoms with Crippen LogP contribution in [0.5, 0.6) is 0 Å². The molecule has 0 bridgehead atoms. The second-order valence-corrected chi connectivity index (χ2v) is 6.01. The molecular formula is C17H22N4O2. The molecule has 6 nitrogen and oxygen atoms in total. The molecule has 1 aliphatic heterocycles. The normalized spacial score (nSPS) is 17.5. The molecule has 1 aliphatic rings. The topological polar surface area (TPSA) is 76.0 Å². The first-order valence-corrected chi connectivity index (χ1v) is 8.15. The van der Waals surface area contributed by atoms with E-state index in [9.17, 15) is 9.59 Å². The standard InChI is InChI=1S/C17H22N4O2/c22-16(19-9-6-13-5-8-18-11-13)7-10-21-12-20-15-4-2-1-3-14(15)17(21)23/h1-4,12-13,18H,5-11H2,(H,19,22). The molecule has 1 atom stereocenters. The molecule has 2 aromatic rings. The number of benzene rings is 1. The summed E-state index contributed by atoms with van der Waals surface area (Å²) < 4.78 is 1.50. The summed E-state index contributed by atoms with van der Waals surface area (Å²) in [5.41, 5.74) is 0.587. The number of hydrogen-bond donors (Lipinski definition) is 2. The molecule has 2 N–H and O–H groups in total. The number of carbonyl (C=O) groups excluding carboxylic acids is 1. The van der Waals surface area contributed by atoms with Gasteiger partial charge in [-0.25, -0.2) is 4.98 Å². The van der Waals surface area contributed by atoms with Gasteiger partial charge in [0.1, 0.15) is 0 Å². The number of fused-ring (bicyclic) bond motifs is 1. The number of nitrogens with zero attached hydrogens (tertiary/aromatic N) is 2. The van der Waals surface area contributed by atoms with E-state index >= 15 is 0 Å². The van der Waals surface area contributed by atoms with Gasteiger partial charge >= 0.3 is 0 Å². The highest BCUT2D eigenvalue weighted by atomic mass is 16.1. The average Bonchev–Trinajstić information content (AvgIpc) is 3.08. The minimum Gasteiger partial charge on any atom is -0.356 e. The maximum atomic E-state index is 12.3. The summed E-state index contributed by atoms with van der Waals surface area (Å²) >= 11 is 0. The smallest absolute Gasteiger partial charge is 0.261 e. The Morgan fingerprint density at radius 2 is 2.26 bits per heavy atom. The highest BCUT2D eigenvalue weighted by Gasteiger charge is 2.14. The first kappa shape index (κ1) is 15.7. The predicted octanol–water partition coefficient (Wildman–Crippen LogP) is 0.902. The van der Waals surface area contributed by atoms with Crippen molar-refractivity contribution < 1.29 is 4.79 Å². The molecule has 0 spiro atoms. The Bertz CT molecular complexity index is 735. The fourth-order valence-corrected chi connectivity index (χ4v) is 2.95. The quantitative estimate of drug-likeness (QED) is 0.831. The summed E-state index contributed by atoms with van der Waals surface area (Å²) in [6, 6.07) is 7.25. The third-order valence-corrected chi connectivity index (χ3v) is 4.35. The largest absolute Gasteiger partial charge is 0.356 e. The summed E-state index contributed by atoms with van der Waals surface area (Å²) in [6.45, 7) is 3.19. The van der Waals surface area contributed by atoms with Crippen LogP contribution in [0, 0.1) is 5.92 Å². The maximum absolute atomic E-state index is 12.3. The highest BCUT2D eigenvalue weighted by Crippen LogP contribution is 2.10. The van der Waals surface area contributed by atoms with Gasteiger partial charge in [0.15, 0.2) is 0 Å². The van der Waals surface area contributed by atoms with Crippen LogP contribution in [0.15, 0.2) is 35.4 Å². The van der Waals surface area contributed by atoms with E-state index in [1.807, 2.05) is 18.2 Å². The number of carbonyl (C=O) groups is 1. The van der Waals surface area contributed by atoms with Crippen LogP contribution in [-0.4, -0.2) is 35.1 Å². The van der Waals surface area contributed by atoms with Crippen LogP contribution in [0.2, 0.25) is 0 Å². The number of hydrogen-bond acceptors (Lipinski definition) is 4. The van der Waals surface area contributed by atoms with Crippen molar-refractivity contribution >= 4 is 16.8 Å². The Labute approximate surface area is 134 Å². The zero-order chi connectivity index (χ0) is 16.1. The molecule has 0 aliphatic carbocycles. The van der Waals surface area contributed by atoms with Gasteiger partial charge in [-0.05, 0) is 44.0 Å². The predicted molar refractivity (Wildman–Crippen MR) is 89.2 cm³/mol. The van der Waals surface area contributed by atoms with E-state index in [0.717, 1.165) is 19.5 Å². The lowest BCUT2D eigenvalue weighted by molar-refractivity contribution is -0.121. The molecule has 1 unspecified atom stereocenters. The minimum absolute atomic E-state index is 0.0176. The van der Waals surface area contributed by atoms with Gasteiger partial charge < -0.3 is 10.6 Å². The van der Waals surface area contributed by atoms with E-state index in [0.29, 0.717) is 36.3 Å². The number of aromatic nitrogens is 2. The number of rotatable bonds is 6. The molecule has 122 valence electrons. The lowest BCUT2D eigenvalue weighted by Gasteiger charge is -2.10. The molecule has 1 amide bonds.